The Morgan fingerprint density at radius 3 is 2.57 bits per heavy atom. The van der Waals surface area contributed by atoms with Crippen LogP contribution in [0, 0.1) is 0 Å². The molecule has 3 aromatic rings. The van der Waals surface area contributed by atoms with E-state index in [0.717, 1.165) is 31.0 Å². The van der Waals surface area contributed by atoms with Gasteiger partial charge in [0.1, 0.15) is 5.65 Å². The number of aromatic nitrogens is 2. The Labute approximate surface area is 129 Å². The molecule has 0 saturated heterocycles. The summed E-state index contributed by atoms with van der Waals surface area (Å²) in [5.74, 6) is 0.625. The summed E-state index contributed by atoms with van der Waals surface area (Å²) in [7, 11) is 0. The molecule has 3 rings (SSSR count). The fourth-order valence-corrected chi connectivity index (χ4v) is 2.71. The average Bonchev–Trinajstić information content (AvgIpc) is 2.90. The van der Waals surface area contributed by atoms with Crippen molar-refractivity contribution in [2.75, 3.05) is 12.4 Å². The van der Waals surface area contributed by atoms with Crippen LogP contribution in [-0.4, -0.2) is 26.7 Å². The number of alkyl halides is 1. The Morgan fingerprint density at radius 2 is 1.81 bits per heavy atom. The van der Waals surface area contributed by atoms with Crippen LogP contribution in [-0.2, 0) is 13.1 Å². The SMILES string of the molecule is ClCCN(Cc1ccccc1)Cc1cn2ccccc2n1. The number of imidazole rings is 1. The van der Waals surface area contributed by atoms with Crippen LogP contribution in [0.3, 0.4) is 0 Å². The first kappa shape index (κ1) is 14.1. The van der Waals surface area contributed by atoms with E-state index in [1.165, 1.54) is 5.56 Å². The van der Waals surface area contributed by atoms with E-state index in [9.17, 15) is 0 Å². The van der Waals surface area contributed by atoms with Crippen molar-refractivity contribution >= 4 is 17.2 Å². The molecule has 0 unspecified atom stereocenters. The quantitative estimate of drug-likeness (QED) is 0.649. The van der Waals surface area contributed by atoms with Crippen molar-refractivity contribution < 1.29 is 0 Å². The van der Waals surface area contributed by atoms with Gasteiger partial charge in [0.2, 0.25) is 0 Å². The molecule has 21 heavy (non-hydrogen) atoms. The number of fused-ring (bicyclic) bond motifs is 1. The maximum Gasteiger partial charge on any atom is 0.137 e. The van der Waals surface area contributed by atoms with Crippen molar-refractivity contribution in [3.05, 3.63) is 72.2 Å². The third kappa shape index (κ3) is 3.63. The molecule has 1 aromatic carbocycles. The van der Waals surface area contributed by atoms with Gasteiger partial charge in [0, 0.05) is 37.9 Å². The van der Waals surface area contributed by atoms with Crippen molar-refractivity contribution in [2.24, 2.45) is 0 Å². The number of hydrogen-bond acceptors (Lipinski definition) is 2. The van der Waals surface area contributed by atoms with Crippen LogP contribution in [0.15, 0.2) is 60.9 Å². The number of nitrogens with zero attached hydrogens (tertiary/aromatic N) is 3. The zero-order valence-electron chi connectivity index (χ0n) is 11.8. The van der Waals surface area contributed by atoms with Gasteiger partial charge in [-0.05, 0) is 17.7 Å². The van der Waals surface area contributed by atoms with Crippen LogP contribution < -0.4 is 0 Å². The molecule has 2 aromatic heterocycles. The molecule has 108 valence electrons. The molecule has 0 aliphatic carbocycles. The molecule has 0 spiro atoms. The fourth-order valence-electron chi connectivity index (χ4n) is 2.47. The second-order valence-corrected chi connectivity index (χ2v) is 5.46. The highest BCUT2D eigenvalue weighted by Gasteiger charge is 2.09. The molecule has 3 nitrogen and oxygen atoms in total. The number of hydrogen-bond donors (Lipinski definition) is 0. The highest BCUT2D eigenvalue weighted by Crippen LogP contribution is 2.11. The Bertz CT molecular complexity index is 660. The van der Waals surface area contributed by atoms with Gasteiger partial charge in [0.05, 0.1) is 5.69 Å². The molecule has 0 radical (unpaired) electrons. The zero-order valence-corrected chi connectivity index (χ0v) is 12.6. The molecule has 0 atom stereocenters. The lowest BCUT2D eigenvalue weighted by Crippen LogP contribution is -2.25. The van der Waals surface area contributed by atoms with Gasteiger partial charge in [-0.25, -0.2) is 4.98 Å². The molecular weight excluding hydrogens is 282 g/mol. The predicted molar refractivity (Wildman–Crippen MR) is 86.5 cm³/mol. The highest BCUT2D eigenvalue weighted by atomic mass is 35.5. The Kier molecular flexibility index (Phi) is 4.53. The summed E-state index contributed by atoms with van der Waals surface area (Å²) in [6.07, 6.45) is 4.11. The van der Waals surface area contributed by atoms with E-state index in [1.54, 1.807) is 0 Å². The minimum absolute atomic E-state index is 0.625. The standard InChI is InChI=1S/C17H18ClN3/c18-9-11-20(12-15-6-2-1-3-7-15)13-16-14-21-10-5-4-8-17(21)19-16/h1-8,10,14H,9,11-13H2. The number of halogens is 1. The summed E-state index contributed by atoms with van der Waals surface area (Å²) >= 11 is 5.94. The van der Waals surface area contributed by atoms with Crippen molar-refractivity contribution in [2.45, 2.75) is 13.1 Å². The van der Waals surface area contributed by atoms with Gasteiger partial charge in [-0.1, -0.05) is 36.4 Å². The summed E-state index contributed by atoms with van der Waals surface area (Å²) in [6, 6.07) is 16.5. The van der Waals surface area contributed by atoms with Gasteiger partial charge in [0.25, 0.3) is 0 Å². The van der Waals surface area contributed by atoms with Gasteiger partial charge in [-0.15, -0.1) is 11.6 Å². The topological polar surface area (TPSA) is 20.5 Å². The molecular formula is C17H18ClN3. The summed E-state index contributed by atoms with van der Waals surface area (Å²) in [6.45, 7) is 2.55. The maximum atomic E-state index is 5.94. The average molecular weight is 300 g/mol. The largest absolute Gasteiger partial charge is 0.307 e. The van der Waals surface area contributed by atoms with Crippen LogP contribution >= 0.6 is 11.6 Å². The molecule has 0 N–H and O–H groups in total. The van der Waals surface area contributed by atoms with Crippen LogP contribution in [0.4, 0.5) is 0 Å². The van der Waals surface area contributed by atoms with Crippen molar-refractivity contribution in [1.29, 1.82) is 0 Å². The molecule has 0 saturated carbocycles. The van der Waals surface area contributed by atoms with Gasteiger partial charge < -0.3 is 4.40 Å². The lowest BCUT2D eigenvalue weighted by Gasteiger charge is -2.20. The second kappa shape index (κ2) is 6.74. The zero-order chi connectivity index (χ0) is 14.5. The lowest BCUT2D eigenvalue weighted by atomic mass is 10.2. The van der Waals surface area contributed by atoms with Gasteiger partial charge in [-0.2, -0.15) is 0 Å². The summed E-state index contributed by atoms with van der Waals surface area (Å²) in [5.41, 5.74) is 3.35. The van der Waals surface area contributed by atoms with E-state index in [0.29, 0.717) is 5.88 Å². The minimum atomic E-state index is 0.625. The second-order valence-electron chi connectivity index (χ2n) is 5.08. The monoisotopic (exact) mass is 299 g/mol. The Balaban J connectivity index is 1.75. The van der Waals surface area contributed by atoms with E-state index < -0.39 is 0 Å². The van der Waals surface area contributed by atoms with Gasteiger partial charge >= 0.3 is 0 Å². The fraction of sp³-hybridized carbons (Fsp3) is 0.235. The van der Waals surface area contributed by atoms with Crippen molar-refractivity contribution in [3.63, 3.8) is 0 Å². The predicted octanol–water partition coefficient (Wildman–Crippen LogP) is 3.58. The van der Waals surface area contributed by atoms with E-state index in [4.69, 9.17) is 11.6 Å². The van der Waals surface area contributed by atoms with Crippen molar-refractivity contribution in [3.8, 4) is 0 Å². The van der Waals surface area contributed by atoms with E-state index in [2.05, 4.69) is 44.7 Å². The van der Waals surface area contributed by atoms with Crippen LogP contribution in [0.2, 0.25) is 0 Å². The minimum Gasteiger partial charge on any atom is -0.307 e. The third-order valence-electron chi connectivity index (χ3n) is 3.45. The first-order chi connectivity index (χ1) is 10.3. The molecule has 0 amide bonds. The molecule has 0 bridgehead atoms. The van der Waals surface area contributed by atoms with E-state index in [1.807, 2.05) is 30.5 Å². The normalized spacial score (nSPS) is 11.3. The Morgan fingerprint density at radius 1 is 1.00 bits per heavy atom. The Hall–Kier alpha value is -1.84. The molecule has 4 heteroatoms. The van der Waals surface area contributed by atoms with Gasteiger partial charge in [-0.3, -0.25) is 4.90 Å². The van der Waals surface area contributed by atoms with Crippen LogP contribution in [0.1, 0.15) is 11.3 Å². The molecule has 0 aliphatic rings. The number of pyridine rings is 1. The smallest absolute Gasteiger partial charge is 0.137 e. The third-order valence-corrected chi connectivity index (χ3v) is 3.62. The summed E-state index contributed by atoms with van der Waals surface area (Å²) in [4.78, 5) is 6.98. The number of benzene rings is 1. The van der Waals surface area contributed by atoms with Crippen molar-refractivity contribution in [1.82, 2.24) is 14.3 Å². The first-order valence-corrected chi connectivity index (χ1v) is 7.63. The van der Waals surface area contributed by atoms with Gasteiger partial charge in [0.15, 0.2) is 0 Å². The molecule has 0 fully saturated rings. The summed E-state index contributed by atoms with van der Waals surface area (Å²) in [5, 5.41) is 0. The maximum absolute atomic E-state index is 5.94. The highest BCUT2D eigenvalue weighted by molar-refractivity contribution is 6.18. The molecule has 0 aliphatic heterocycles. The number of rotatable bonds is 6. The van der Waals surface area contributed by atoms with Crippen LogP contribution in [0.5, 0.6) is 0 Å². The van der Waals surface area contributed by atoms with E-state index >= 15 is 0 Å². The van der Waals surface area contributed by atoms with Crippen LogP contribution in [0.25, 0.3) is 5.65 Å². The van der Waals surface area contributed by atoms with E-state index in [-0.39, 0.29) is 0 Å². The first-order valence-electron chi connectivity index (χ1n) is 7.10. The lowest BCUT2D eigenvalue weighted by molar-refractivity contribution is 0.270. The summed E-state index contributed by atoms with van der Waals surface area (Å²) < 4.78 is 2.05. The molecule has 2 heterocycles.